The molecule has 0 aromatic heterocycles. The summed E-state index contributed by atoms with van der Waals surface area (Å²) in [6.07, 6.45) is 2.42. The first-order valence-electron chi connectivity index (χ1n) is 4.98. The highest BCUT2D eigenvalue weighted by Gasteiger charge is 2.15. The lowest BCUT2D eigenvalue weighted by Crippen LogP contribution is -2.38. The Hall–Kier alpha value is -0.870. The van der Waals surface area contributed by atoms with Crippen LogP contribution in [0.4, 0.5) is 0 Å². The molecule has 0 aromatic carbocycles. The van der Waals surface area contributed by atoms with Crippen molar-refractivity contribution >= 4 is 5.97 Å². The van der Waals surface area contributed by atoms with E-state index in [9.17, 15) is 4.79 Å². The lowest BCUT2D eigenvalue weighted by Gasteiger charge is -2.28. The normalized spacial score (nSPS) is 24.3. The zero-order valence-corrected chi connectivity index (χ0v) is 8.20. The molecule has 2 aliphatic heterocycles. The predicted molar refractivity (Wildman–Crippen MR) is 50.9 cm³/mol. The third kappa shape index (κ3) is 2.56. The Bertz CT molecular complexity index is 244. The molecule has 2 aliphatic rings. The van der Waals surface area contributed by atoms with Crippen LogP contribution in [-0.4, -0.2) is 50.3 Å². The van der Waals surface area contributed by atoms with E-state index in [1.165, 1.54) is 5.57 Å². The Balaban J connectivity index is 1.81. The van der Waals surface area contributed by atoms with Gasteiger partial charge in [-0.05, 0) is 5.57 Å². The van der Waals surface area contributed by atoms with Crippen molar-refractivity contribution in [3.63, 3.8) is 0 Å². The van der Waals surface area contributed by atoms with Gasteiger partial charge < -0.3 is 9.47 Å². The molecule has 0 unspecified atom stereocenters. The molecule has 0 bridgehead atoms. The largest absolute Gasteiger partial charge is 0.461 e. The van der Waals surface area contributed by atoms with Gasteiger partial charge in [-0.25, -0.2) is 0 Å². The van der Waals surface area contributed by atoms with Crippen molar-refractivity contribution in [2.45, 2.75) is 6.42 Å². The van der Waals surface area contributed by atoms with E-state index in [0.717, 1.165) is 32.8 Å². The number of nitrogens with zero attached hydrogens (tertiary/aromatic N) is 1. The van der Waals surface area contributed by atoms with Crippen molar-refractivity contribution in [1.82, 2.24) is 4.90 Å². The molecule has 4 nitrogen and oxygen atoms in total. The molecule has 0 amide bonds. The van der Waals surface area contributed by atoms with Crippen LogP contribution in [0.3, 0.4) is 0 Å². The smallest absolute Gasteiger partial charge is 0.309 e. The first-order chi connectivity index (χ1) is 6.84. The maximum atomic E-state index is 10.8. The first kappa shape index (κ1) is 9.68. The summed E-state index contributed by atoms with van der Waals surface area (Å²) in [5.74, 6) is -0.115. The van der Waals surface area contributed by atoms with Crippen LogP contribution < -0.4 is 0 Å². The Labute approximate surface area is 83.5 Å². The maximum absolute atomic E-state index is 10.8. The fourth-order valence-electron chi connectivity index (χ4n) is 1.68. The minimum atomic E-state index is -0.115. The molecule has 2 heterocycles. The molecular formula is C10H15NO3. The zero-order chi connectivity index (χ0) is 9.80. The van der Waals surface area contributed by atoms with Crippen LogP contribution in [0.5, 0.6) is 0 Å². The molecule has 0 atom stereocenters. The molecule has 0 radical (unpaired) electrons. The van der Waals surface area contributed by atoms with E-state index in [0.29, 0.717) is 13.0 Å². The van der Waals surface area contributed by atoms with Gasteiger partial charge in [-0.15, -0.1) is 0 Å². The first-order valence-corrected chi connectivity index (χ1v) is 4.98. The summed E-state index contributed by atoms with van der Waals surface area (Å²) in [5, 5.41) is 0. The highest BCUT2D eigenvalue weighted by molar-refractivity contribution is 5.72. The number of morpholine rings is 1. The van der Waals surface area contributed by atoms with Gasteiger partial charge in [0.05, 0.1) is 19.6 Å². The number of carbonyl (C=O) groups is 1. The summed E-state index contributed by atoms with van der Waals surface area (Å²) in [6, 6.07) is 0. The number of rotatable bonds is 2. The third-order valence-corrected chi connectivity index (χ3v) is 2.51. The lowest BCUT2D eigenvalue weighted by molar-refractivity contribution is -0.142. The predicted octanol–water partition coefficient (Wildman–Crippen LogP) is 0.192. The van der Waals surface area contributed by atoms with Gasteiger partial charge in [-0.2, -0.15) is 0 Å². The Morgan fingerprint density at radius 1 is 1.36 bits per heavy atom. The van der Waals surface area contributed by atoms with Crippen molar-refractivity contribution < 1.29 is 14.3 Å². The molecule has 0 aliphatic carbocycles. The molecule has 0 N–H and O–H groups in total. The molecular weight excluding hydrogens is 182 g/mol. The Morgan fingerprint density at radius 3 is 2.79 bits per heavy atom. The number of hydrogen-bond acceptors (Lipinski definition) is 4. The van der Waals surface area contributed by atoms with Crippen LogP contribution in [0.25, 0.3) is 0 Å². The average Bonchev–Trinajstić information content (AvgIpc) is 2.23. The van der Waals surface area contributed by atoms with Crippen molar-refractivity contribution in [2.75, 3.05) is 39.5 Å². The van der Waals surface area contributed by atoms with E-state index in [2.05, 4.69) is 4.90 Å². The Kier molecular flexibility index (Phi) is 3.16. The van der Waals surface area contributed by atoms with E-state index >= 15 is 0 Å². The van der Waals surface area contributed by atoms with Crippen LogP contribution in [0.1, 0.15) is 6.42 Å². The minimum Gasteiger partial charge on any atom is -0.461 e. The van der Waals surface area contributed by atoms with Gasteiger partial charge in [-0.3, -0.25) is 9.69 Å². The van der Waals surface area contributed by atoms with Crippen LogP contribution in [0, 0.1) is 0 Å². The fraction of sp³-hybridized carbons (Fsp3) is 0.700. The lowest BCUT2D eigenvalue weighted by atomic mass is 10.2. The molecule has 0 spiro atoms. The maximum Gasteiger partial charge on any atom is 0.309 e. The average molecular weight is 197 g/mol. The van der Waals surface area contributed by atoms with Crippen LogP contribution in [0.15, 0.2) is 11.6 Å². The molecule has 4 heteroatoms. The van der Waals surface area contributed by atoms with Crippen molar-refractivity contribution in [3.05, 3.63) is 11.6 Å². The number of hydrogen-bond donors (Lipinski definition) is 0. The second kappa shape index (κ2) is 4.57. The van der Waals surface area contributed by atoms with Crippen molar-refractivity contribution in [1.29, 1.82) is 0 Å². The molecule has 14 heavy (non-hydrogen) atoms. The molecule has 78 valence electrons. The second-order valence-corrected chi connectivity index (χ2v) is 3.62. The van der Waals surface area contributed by atoms with Crippen molar-refractivity contribution in [2.24, 2.45) is 0 Å². The molecule has 0 saturated carbocycles. The summed E-state index contributed by atoms with van der Waals surface area (Å²) < 4.78 is 10.2. The standard InChI is InChI=1S/C10H15NO3/c12-10-2-1-9(8-14-10)7-11-3-5-13-6-4-11/h1H,2-8H2. The van der Waals surface area contributed by atoms with Gasteiger partial charge in [0.2, 0.25) is 0 Å². The third-order valence-electron chi connectivity index (χ3n) is 2.51. The monoisotopic (exact) mass is 197 g/mol. The van der Waals surface area contributed by atoms with E-state index in [-0.39, 0.29) is 5.97 Å². The SMILES string of the molecule is O=C1CC=C(CN2CCOCC2)CO1. The highest BCUT2D eigenvalue weighted by Crippen LogP contribution is 2.09. The summed E-state index contributed by atoms with van der Waals surface area (Å²) in [7, 11) is 0. The number of esters is 1. The molecule has 1 saturated heterocycles. The number of cyclic esters (lactones) is 1. The van der Waals surface area contributed by atoms with Crippen LogP contribution in [-0.2, 0) is 14.3 Å². The molecule has 2 rings (SSSR count). The topological polar surface area (TPSA) is 38.8 Å². The number of carbonyl (C=O) groups excluding carboxylic acids is 1. The minimum absolute atomic E-state index is 0.115. The number of ether oxygens (including phenoxy) is 2. The van der Waals surface area contributed by atoms with E-state index in [1.807, 2.05) is 6.08 Å². The zero-order valence-electron chi connectivity index (χ0n) is 8.20. The summed E-state index contributed by atoms with van der Waals surface area (Å²) in [5.41, 5.74) is 1.21. The van der Waals surface area contributed by atoms with E-state index in [1.54, 1.807) is 0 Å². The van der Waals surface area contributed by atoms with Gasteiger partial charge in [0.25, 0.3) is 0 Å². The Morgan fingerprint density at radius 2 is 2.14 bits per heavy atom. The van der Waals surface area contributed by atoms with E-state index < -0.39 is 0 Å². The highest BCUT2D eigenvalue weighted by atomic mass is 16.5. The van der Waals surface area contributed by atoms with Crippen LogP contribution in [0.2, 0.25) is 0 Å². The quantitative estimate of drug-likeness (QED) is 0.468. The molecule has 1 fully saturated rings. The summed E-state index contributed by atoms with van der Waals surface area (Å²) in [4.78, 5) is 13.1. The van der Waals surface area contributed by atoms with Gasteiger partial charge in [0.15, 0.2) is 0 Å². The van der Waals surface area contributed by atoms with Crippen LogP contribution >= 0.6 is 0 Å². The van der Waals surface area contributed by atoms with E-state index in [4.69, 9.17) is 9.47 Å². The van der Waals surface area contributed by atoms with Crippen molar-refractivity contribution in [3.8, 4) is 0 Å². The fourth-order valence-corrected chi connectivity index (χ4v) is 1.68. The second-order valence-electron chi connectivity index (χ2n) is 3.62. The van der Waals surface area contributed by atoms with Gasteiger partial charge in [-0.1, -0.05) is 6.08 Å². The van der Waals surface area contributed by atoms with Gasteiger partial charge >= 0.3 is 5.97 Å². The summed E-state index contributed by atoms with van der Waals surface area (Å²) >= 11 is 0. The molecule has 0 aromatic rings. The van der Waals surface area contributed by atoms with Gasteiger partial charge in [0, 0.05) is 19.6 Å². The summed E-state index contributed by atoms with van der Waals surface area (Å²) in [6.45, 7) is 4.96. The van der Waals surface area contributed by atoms with Gasteiger partial charge in [0.1, 0.15) is 6.61 Å².